The van der Waals surface area contributed by atoms with Gasteiger partial charge in [0.2, 0.25) is 0 Å². The Morgan fingerprint density at radius 2 is 2.19 bits per heavy atom. The van der Waals surface area contributed by atoms with Crippen LogP contribution in [-0.2, 0) is 4.79 Å². The van der Waals surface area contributed by atoms with Gasteiger partial charge in [0.05, 0.1) is 5.92 Å². The fourth-order valence-electron chi connectivity index (χ4n) is 3.65. The van der Waals surface area contributed by atoms with Crippen LogP contribution in [0.1, 0.15) is 49.8 Å². The average Bonchev–Trinajstić information content (AvgIpc) is 2.92. The van der Waals surface area contributed by atoms with Gasteiger partial charge in [-0.1, -0.05) is 31.5 Å². The summed E-state index contributed by atoms with van der Waals surface area (Å²) in [5, 5.41) is 10.6. The highest BCUT2D eigenvalue weighted by molar-refractivity contribution is 5.81. The monoisotopic (exact) mass is 286 g/mol. The lowest BCUT2D eigenvalue weighted by atomic mass is 9.72. The molecule has 3 atom stereocenters. The third-order valence-electron chi connectivity index (χ3n) is 4.98. The first-order valence-electron chi connectivity index (χ1n) is 7.82. The van der Waals surface area contributed by atoms with E-state index in [0.29, 0.717) is 5.92 Å². The molecule has 1 fully saturated rings. The molecule has 0 spiro atoms. The largest absolute Gasteiger partial charge is 0.481 e. The van der Waals surface area contributed by atoms with E-state index in [4.69, 9.17) is 4.42 Å². The standard InChI is InChI=1S/C18H22O3/c1-3-12-7-8-14(18(19)20)15(9-12)16-10-13-6-4-5-11(2)17(13)21-16/h4-6,10,12,14-15H,3,7-9H2,1-2H3,(H,19,20). The number of carbonyl (C=O) groups is 1. The summed E-state index contributed by atoms with van der Waals surface area (Å²) >= 11 is 0. The SMILES string of the molecule is CCC1CCC(C(=O)O)C(c2cc3cccc(C)c3o2)C1. The average molecular weight is 286 g/mol. The van der Waals surface area contributed by atoms with Crippen molar-refractivity contribution < 1.29 is 14.3 Å². The molecular formula is C18H22O3. The second kappa shape index (κ2) is 5.55. The second-order valence-corrected chi connectivity index (χ2v) is 6.28. The Bertz CT molecular complexity index is 656. The lowest BCUT2D eigenvalue weighted by Gasteiger charge is -2.32. The zero-order valence-electron chi connectivity index (χ0n) is 12.6. The van der Waals surface area contributed by atoms with Gasteiger partial charge in [0.25, 0.3) is 0 Å². The van der Waals surface area contributed by atoms with Crippen molar-refractivity contribution in [1.82, 2.24) is 0 Å². The first-order valence-corrected chi connectivity index (χ1v) is 7.82. The summed E-state index contributed by atoms with van der Waals surface area (Å²) in [7, 11) is 0. The Labute approximate surface area is 125 Å². The molecule has 1 heterocycles. The van der Waals surface area contributed by atoms with Crippen molar-refractivity contribution in [3.05, 3.63) is 35.6 Å². The van der Waals surface area contributed by atoms with Gasteiger partial charge in [0, 0.05) is 11.3 Å². The summed E-state index contributed by atoms with van der Waals surface area (Å²) in [6.45, 7) is 4.21. The van der Waals surface area contributed by atoms with Gasteiger partial charge in [-0.25, -0.2) is 0 Å². The Hall–Kier alpha value is -1.77. The van der Waals surface area contributed by atoms with Gasteiger partial charge in [-0.2, -0.15) is 0 Å². The molecule has 1 N–H and O–H groups in total. The number of hydrogen-bond acceptors (Lipinski definition) is 2. The van der Waals surface area contributed by atoms with Crippen molar-refractivity contribution in [3.8, 4) is 0 Å². The van der Waals surface area contributed by atoms with E-state index in [9.17, 15) is 9.90 Å². The van der Waals surface area contributed by atoms with Crippen LogP contribution < -0.4 is 0 Å². The van der Waals surface area contributed by atoms with E-state index in [0.717, 1.165) is 48.0 Å². The molecule has 21 heavy (non-hydrogen) atoms. The van der Waals surface area contributed by atoms with E-state index in [1.807, 2.05) is 31.2 Å². The number of aliphatic carboxylic acids is 1. The second-order valence-electron chi connectivity index (χ2n) is 6.28. The third kappa shape index (κ3) is 2.57. The minimum Gasteiger partial charge on any atom is -0.481 e. The molecule has 1 aromatic carbocycles. The number of para-hydroxylation sites is 1. The van der Waals surface area contributed by atoms with Crippen molar-refractivity contribution >= 4 is 16.9 Å². The fraction of sp³-hybridized carbons (Fsp3) is 0.500. The molecule has 0 amide bonds. The van der Waals surface area contributed by atoms with Crippen LogP contribution >= 0.6 is 0 Å². The Morgan fingerprint density at radius 3 is 2.86 bits per heavy atom. The summed E-state index contributed by atoms with van der Waals surface area (Å²) in [6.07, 6.45) is 3.81. The zero-order valence-corrected chi connectivity index (χ0v) is 12.6. The number of hydrogen-bond donors (Lipinski definition) is 1. The van der Waals surface area contributed by atoms with Gasteiger partial charge in [0.15, 0.2) is 0 Å². The highest BCUT2D eigenvalue weighted by atomic mass is 16.4. The zero-order chi connectivity index (χ0) is 15.0. The number of rotatable bonds is 3. The van der Waals surface area contributed by atoms with E-state index >= 15 is 0 Å². The van der Waals surface area contributed by atoms with Gasteiger partial charge < -0.3 is 9.52 Å². The molecule has 1 aliphatic rings. The van der Waals surface area contributed by atoms with Gasteiger partial charge >= 0.3 is 5.97 Å². The summed E-state index contributed by atoms with van der Waals surface area (Å²) in [5.74, 6) is 0.471. The van der Waals surface area contributed by atoms with Crippen LogP contribution in [0.5, 0.6) is 0 Å². The van der Waals surface area contributed by atoms with Crippen LogP contribution in [0.15, 0.2) is 28.7 Å². The Balaban J connectivity index is 2.00. The maximum absolute atomic E-state index is 11.6. The molecule has 0 aliphatic heterocycles. The normalized spacial score (nSPS) is 26.1. The minimum atomic E-state index is -0.688. The van der Waals surface area contributed by atoms with Crippen molar-refractivity contribution in [2.24, 2.45) is 11.8 Å². The third-order valence-corrected chi connectivity index (χ3v) is 4.98. The number of furan rings is 1. The van der Waals surface area contributed by atoms with Crippen LogP contribution in [0.2, 0.25) is 0 Å². The minimum absolute atomic E-state index is 0.00741. The molecule has 3 nitrogen and oxygen atoms in total. The van der Waals surface area contributed by atoms with Crippen LogP contribution in [0, 0.1) is 18.8 Å². The van der Waals surface area contributed by atoms with Crippen LogP contribution in [-0.4, -0.2) is 11.1 Å². The molecule has 1 saturated carbocycles. The number of aryl methyl sites for hydroxylation is 1. The van der Waals surface area contributed by atoms with Crippen LogP contribution in [0.25, 0.3) is 11.0 Å². The summed E-state index contributed by atoms with van der Waals surface area (Å²) < 4.78 is 6.05. The Morgan fingerprint density at radius 1 is 1.38 bits per heavy atom. The highest BCUT2D eigenvalue weighted by Crippen LogP contribution is 2.43. The molecule has 0 bridgehead atoms. The molecule has 1 aromatic heterocycles. The van der Waals surface area contributed by atoms with Crippen LogP contribution in [0.3, 0.4) is 0 Å². The molecule has 0 radical (unpaired) electrons. The van der Waals surface area contributed by atoms with Crippen molar-refractivity contribution in [1.29, 1.82) is 0 Å². The van der Waals surface area contributed by atoms with E-state index in [1.54, 1.807) is 0 Å². The summed E-state index contributed by atoms with van der Waals surface area (Å²) in [6, 6.07) is 8.12. The number of benzene rings is 1. The molecule has 3 unspecified atom stereocenters. The van der Waals surface area contributed by atoms with E-state index in [-0.39, 0.29) is 11.8 Å². The molecule has 112 valence electrons. The van der Waals surface area contributed by atoms with Crippen molar-refractivity contribution in [2.75, 3.05) is 0 Å². The lowest BCUT2D eigenvalue weighted by molar-refractivity contribution is -0.144. The maximum Gasteiger partial charge on any atom is 0.307 e. The van der Waals surface area contributed by atoms with Gasteiger partial charge in [-0.05, 0) is 43.7 Å². The van der Waals surface area contributed by atoms with Crippen molar-refractivity contribution in [3.63, 3.8) is 0 Å². The van der Waals surface area contributed by atoms with E-state index < -0.39 is 5.97 Å². The highest BCUT2D eigenvalue weighted by Gasteiger charge is 2.37. The number of fused-ring (bicyclic) bond motifs is 1. The summed E-state index contributed by atoms with van der Waals surface area (Å²) in [4.78, 5) is 11.6. The predicted octanol–water partition coefficient (Wildman–Crippen LogP) is 4.74. The van der Waals surface area contributed by atoms with Crippen molar-refractivity contribution in [2.45, 2.75) is 45.4 Å². The van der Waals surface area contributed by atoms with Gasteiger partial charge in [-0.3, -0.25) is 4.79 Å². The van der Waals surface area contributed by atoms with Gasteiger partial charge in [-0.15, -0.1) is 0 Å². The lowest BCUT2D eigenvalue weighted by Crippen LogP contribution is -2.28. The molecule has 2 aromatic rings. The van der Waals surface area contributed by atoms with Crippen LogP contribution in [0.4, 0.5) is 0 Å². The number of carboxylic acids is 1. The van der Waals surface area contributed by atoms with E-state index in [1.165, 1.54) is 0 Å². The molecule has 3 heteroatoms. The molecule has 1 aliphatic carbocycles. The van der Waals surface area contributed by atoms with E-state index in [2.05, 4.69) is 6.92 Å². The summed E-state index contributed by atoms with van der Waals surface area (Å²) in [5.41, 5.74) is 2.00. The quantitative estimate of drug-likeness (QED) is 0.887. The number of carboxylic acid groups (broad SMARTS) is 1. The predicted molar refractivity (Wildman–Crippen MR) is 82.4 cm³/mol. The topological polar surface area (TPSA) is 50.4 Å². The maximum atomic E-state index is 11.6. The first kappa shape index (κ1) is 14.2. The van der Waals surface area contributed by atoms with Gasteiger partial charge in [0.1, 0.15) is 11.3 Å². The smallest absolute Gasteiger partial charge is 0.307 e. The molecular weight excluding hydrogens is 264 g/mol. The fourth-order valence-corrected chi connectivity index (χ4v) is 3.65. The first-order chi connectivity index (χ1) is 10.1. The molecule has 0 saturated heterocycles. The Kier molecular flexibility index (Phi) is 3.75. The molecule has 3 rings (SSSR count).